The van der Waals surface area contributed by atoms with Crippen LogP contribution in [0, 0.1) is 0 Å². The largest absolute Gasteiger partial charge is 0.372 e. The van der Waals surface area contributed by atoms with Gasteiger partial charge in [0.2, 0.25) is 0 Å². The third-order valence-corrected chi connectivity index (χ3v) is 2.55. The topological polar surface area (TPSA) is 50.7 Å². The summed E-state index contributed by atoms with van der Waals surface area (Å²) in [5.74, 6) is 2.27. The lowest BCUT2D eigenvalue weighted by Gasteiger charge is -2.06. The molecule has 0 aliphatic heterocycles. The maximum atomic E-state index is 4.39. The first-order valence-corrected chi connectivity index (χ1v) is 4.77. The maximum Gasteiger partial charge on any atom is 0.156 e. The summed E-state index contributed by atoms with van der Waals surface area (Å²) in [4.78, 5) is 4.39. The molecule has 2 rings (SSSR count). The van der Waals surface area contributed by atoms with E-state index in [2.05, 4.69) is 20.5 Å². The van der Waals surface area contributed by atoms with E-state index in [0.29, 0.717) is 5.92 Å². The van der Waals surface area contributed by atoms with Gasteiger partial charge < -0.3 is 5.32 Å². The molecule has 70 valence electrons. The van der Waals surface area contributed by atoms with Crippen molar-refractivity contribution in [3.63, 3.8) is 0 Å². The van der Waals surface area contributed by atoms with Gasteiger partial charge >= 0.3 is 0 Å². The van der Waals surface area contributed by atoms with Gasteiger partial charge in [-0.2, -0.15) is 5.10 Å². The average molecular weight is 178 g/mol. The summed E-state index contributed by atoms with van der Waals surface area (Å²) >= 11 is 0. The summed E-state index contributed by atoms with van der Waals surface area (Å²) < 4.78 is 0. The van der Waals surface area contributed by atoms with E-state index in [1.807, 2.05) is 7.05 Å². The van der Waals surface area contributed by atoms with Crippen LogP contribution < -0.4 is 5.32 Å². The van der Waals surface area contributed by atoms with E-state index < -0.39 is 0 Å². The Hall–Kier alpha value is -1.19. The van der Waals surface area contributed by atoms with Gasteiger partial charge in [-0.25, -0.2) is 4.98 Å². The second-order valence-electron chi connectivity index (χ2n) is 3.43. The lowest BCUT2D eigenvalue weighted by atomic mass is 10.1. The lowest BCUT2D eigenvalue weighted by Crippen LogP contribution is -2.04. The van der Waals surface area contributed by atoms with Crippen LogP contribution in [0.1, 0.15) is 37.4 Å². The summed E-state index contributed by atoms with van der Waals surface area (Å²) in [7, 11) is 1.85. The van der Waals surface area contributed by atoms with Crippen LogP contribution in [0.25, 0.3) is 0 Å². The van der Waals surface area contributed by atoms with E-state index in [4.69, 9.17) is 0 Å². The highest BCUT2D eigenvalue weighted by atomic mass is 15.2. The first kappa shape index (κ1) is 8.41. The highest BCUT2D eigenvalue weighted by molar-refractivity contribution is 5.29. The minimum atomic E-state index is 0.542. The van der Waals surface area contributed by atoms with Gasteiger partial charge in [0.1, 0.15) is 5.82 Å². The van der Waals surface area contributed by atoms with Crippen LogP contribution in [-0.2, 0) is 0 Å². The highest BCUT2D eigenvalue weighted by Gasteiger charge is 2.20. The molecule has 1 N–H and O–H groups in total. The molecule has 0 aromatic carbocycles. The number of nitrogens with zero attached hydrogens (tertiary/aromatic N) is 3. The molecule has 4 heteroatoms. The van der Waals surface area contributed by atoms with E-state index >= 15 is 0 Å². The molecule has 0 amide bonds. The molecule has 1 heterocycles. The molecule has 0 saturated heterocycles. The fraction of sp³-hybridized carbons (Fsp3) is 0.667. The average Bonchev–Trinajstić information content (AvgIpc) is 2.71. The summed E-state index contributed by atoms with van der Waals surface area (Å²) in [5.41, 5.74) is 0. The van der Waals surface area contributed by atoms with Crippen molar-refractivity contribution in [3.8, 4) is 0 Å². The van der Waals surface area contributed by atoms with Gasteiger partial charge in [-0.1, -0.05) is 12.8 Å². The third kappa shape index (κ3) is 1.76. The van der Waals surface area contributed by atoms with Crippen molar-refractivity contribution in [1.82, 2.24) is 15.2 Å². The van der Waals surface area contributed by atoms with E-state index in [1.54, 1.807) is 6.20 Å². The maximum absolute atomic E-state index is 4.39. The van der Waals surface area contributed by atoms with Gasteiger partial charge in [0.25, 0.3) is 0 Å². The Labute approximate surface area is 77.8 Å². The predicted octanol–water partition coefficient (Wildman–Crippen LogP) is 1.57. The van der Waals surface area contributed by atoms with Crippen molar-refractivity contribution in [2.24, 2.45) is 0 Å². The number of hydrogen-bond acceptors (Lipinski definition) is 4. The van der Waals surface area contributed by atoms with Crippen molar-refractivity contribution in [1.29, 1.82) is 0 Å². The Kier molecular flexibility index (Phi) is 2.38. The smallest absolute Gasteiger partial charge is 0.156 e. The summed E-state index contributed by atoms with van der Waals surface area (Å²) in [6, 6.07) is 0. The van der Waals surface area contributed by atoms with Crippen LogP contribution in [0.15, 0.2) is 6.20 Å². The number of rotatable bonds is 2. The van der Waals surface area contributed by atoms with E-state index in [1.165, 1.54) is 25.7 Å². The van der Waals surface area contributed by atoms with Crippen LogP contribution in [-0.4, -0.2) is 22.2 Å². The third-order valence-electron chi connectivity index (χ3n) is 2.55. The van der Waals surface area contributed by atoms with Gasteiger partial charge in [-0.15, -0.1) is 5.10 Å². The van der Waals surface area contributed by atoms with Crippen LogP contribution in [0.5, 0.6) is 0 Å². The second-order valence-corrected chi connectivity index (χ2v) is 3.43. The lowest BCUT2D eigenvalue weighted by molar-refractivity contribution is 0.649. The second kappa shape index (κ2) is 3.68. The van der Waals surface area contributed by atoms with Gasteiger partial charge in [0, 0.05) is 13.0 Å². The molecule has 1 aromatic heterocycles. The summed E-state index contributed by atoms with van der Waals surface area (Å²) in [5, 5.41) is 11.0. The first-order chi connectivity index (χ1) is 6.40. The van der Waals surface area contributed by atoms with Crippen LogP contribution in [0.4, 0.5) is 5.82 Å². The molecule has 0 bridgehead atoms. The molecule has 1 saturated carbocycles. The van der Waals surface area contributed by atoms with Crippen molar-refractivity contribution in [2.75, 3.05) is 12.4 Å². The van der Waals surface area contributed by atoms with Crippen LogP contribution >= 0.6 is 0 Å². The Morgan fingerprint density at radius 2 is 2.15 bits per heavy atom. The van der Waals surface area contributed by atoms with Gasteiger partial charge in [-0.3, -0.25) is 0 Å². The van der Waals surface area contributed by atoms with Crippen LogP contribution in [0.3, 0.4) is 0 Å². The van der Waals surface area contributed by atoms with Gasteiger partial charge in [0.15, 0.2) is 5.82 Å². The zero-order valence-corrected chi connectivity index (χ0v) is 7.82. The summed E-state index contributed by atoms with van der Waals surface area (Å²) in [6.07, 6.45) is 6.69. The molecular formula is C9H14N4. The molecule has 1 aliphatic carbocycles. The van der Waals surface area contributed by atoms with Crippen molar-refractivity contribution in [2.45, 2.75) is 31.6 Å². The SMILES string of the molecule is CNc1cnnc(C2CCCC2)n1. The molecule has 1 aromatic rings. The standard InChI is InChI=1S/C9H14N4/c1-10-8-6-11-13-9(12-8)7-4-2-3-5-7/h6-7H,2-5H2,1H3,(H,10,12,13). The molecule has 0 spiro atoms. The zero-order valence-electron chi connectivity index (χ0n) is 7.82. The number of hydrogen-bond donors (Lipinski definition) is 1. The highest BCUT2D eigenvalue weighted by Crippen LogP contribution is 2.31. The Bertz CT molecular complexity index is 281. The van der Waals surface area contributed by atoms with Gasteiger partial charge in [0.05, 0.1) is 6.20 Å². The molecule has 0 unspecified atom stereocenters. The predicted molar refractivity (Wildman–Crippen MR) is 50.6 cm³/mol. The molecule has 1 aliphatic rings. The molecule has 0 atom stereocenters. The number of aromatic nitrogens is 3. The monoisotopic (exact) mass is 178 g/mol. The van der Waals surface area contributed by atoms with E-state index in [9.17, 15) is 0 Å². The first-order valence-electron chi connectivity index (χ1n) is 4.77. The Morgan fingerprint density at radius 1 is 1.38 bits per heavy atom. The summed E-state index contributed by atoms with van der Waals surface area (Å²) in [6.45, 7) is 0. The molecule has 0 radical (unpaired) electrons. The minimum absolute atomic E-state index is 0.542. The molecule has 4 nitrogen and oxygen atoms in total. The molecular weight excluding hydrogens is 164 g/mol. The fourth-order valence-corrected chi connectivity index (χ4v) is 1.79. The van der Waals surface area contributed by atoms with Crippen LogP contribution in [0.2, 0.25) is 0 Å². The van der Waals surface area contributed by atoms with Crippen molar-refractivity contribution < 1.29 is 0 Å². The van der Waals surface area contributed by atoms with Crippen molar-refractivity contribution >= 4 is 5.82 Å². The molecule has 1 fully saturated rings. The fourth-order valence-electron chi connectivity index (χ4n) is 1.79. The Balaban J connectivity index is 2.18. The zero-order chi connectivity index (χ0) is 9.10. The van der Waals surface area contributed by atoms with E-state index in [-0.39, 0.29) is 0 Å². The van der Waals surface area contributed by atoms with Gasteiger partial charge in [-0.05, 0) is 12.8 Å². The number of anilines is 1. The van der Waals surface area contributed by atoms with E-state index in [0.717, 1.165) is 11.6 Å². The van der Waals surface area contributed by atoms with Crippen molar-refractivity contribution in [3.05, 3.63) is 12.0 Å². The Morgan fingerprint density at radius 3 is 2.85 bits per heavy atom. The normalized spacial score (nSPS) is 17.6. The molecule has 13 heavy (non-hydrogen) atoms. The minimum Gasteiger partial charge on any atom is -0.372 e. The quantitative estimate of drug-likeness (QED) is 0.746. The number of nitrogens with one attached hydrogen (secondary N) is 1.